The summed E-state index contributed by atoms with van der Waals surface area (Å²) in [6.45, 7) is 16.0. The lowest BCUT2D eigenvalue weighted by Crippen LogP contribution is -2.68. The Kier molecular flexibility index (Phi) is 5.26. The minimum absolute atomic E-state index is 0.0120. The van der Waals surface area contributed by atoms with Gasteiger partial charge in [0.2, 0.25) is 0 Å². The van der Waals surface area contributed by atoms with Crippen molar-refractivity contribution in [3.8, 4) is 6.07 Å². The molecular formula is C31H45NO3. The van der Waals surface area contributed by atoms with Crippen molar-refractivity contribution in [2.24, 2.45) is 56.2 Å². The molecule has 0 heterocycles. The Hall–Kier alpha value is -1.47. The summed E-state index contributed by atoms with van der Waals surface area (Å²) in [6, 6.07) is 2.21. The molecule has 0 aliphatic heterocycles. The van der Waals surface area contributed by atoms with Crippen LogP contribution in [0.4, 0.5) is 0 Å². The average Bonchev–Trinajstić information content (AvgIpc) is 2.77. The topological polar surface area (TPSA) is 78.2 Å². The number of aliphatic hydroxyl groups excluding tert-OH is 1. The molecule has 35 heavy (non-hydrogen) atoms. The van der Waals surface area contributed by atoms with Crippen molar-refractivity contribution in [1.29, 1.82) is 5.26 Å². The number of ketones is 2. The first-order valence-corrected chi connectivity index (χ1v) is 13.9. The lowest BCUT2D eigenvalue weighted by atomic mass is 9.31. The van der Waals surface area contributed by atoms with Gasteiger partial charge in [-0.15, -0.1) is 0 Å². The molecule has 1 N–H and O–H groups in total. The number of nitrogens with zero attached hydrogens (tertiary/aromatic N) is 1. The molecule has 4 fully saturated rings. The van der Waals surface area contributed by atoms with Crippen molar-refractivity contribution in [2.45, 2.75) is 99.8 Å². The molecule has 4 nitrogen and oxygen atoms in total. The van der Waals surface area contributed by atoms with Crippen LogP contribution in [-0.4, -0.2) is 23.3 Å². The summed E-state index contributed by atoms with van der Waals surface area (Å²) in [7, 11) is 0. The smallest absolute Gasteiger partial charge is 0.178 e. The normalized spacial score (nSPS) is 50.1. The number of nitriles is 1. The molecule has 8 atom stereocenters. The Bertz CT molecular complexity index is 1050. The zero-order chi connectivity index (χ0) is 25.8. The number of allylic oxidation sites excluding steroid dienone is 2. The largest absolute Gasteiger partial charge is 0.396 e. The van der Waals surface area contributed by atoms with E-state index in [1.54, 1.807) is 0 Å². The molecule has 192 valence electrons. The molecule has 0 spiro atoms. The van der Waals surface area contributed by atoms with Crippen LogP contribution in [-0.2, 0) is 9.59 Å². The molecule has 5 rings (SSSR count). The second-order valence-corrected chi connectivity index (χ2v) is 15.2. The average molecular weight is 480 g/mol. The van der Waals surface area contributed by atoms with E-state index in [0.29, 0.717) is 12.2 Å². The fourth-order valence-corrected chi connectivity index (χ4v) is 10.7. The molecule has 5 aliphatic rings. The van der Waals surface area contributed by atoms with Gasteiger partial charge in [0.25, 0.3) is 0 Å². The number of Topliss-reactive ketones (excluding diaryl/α,β-unsaturated/α-hetero) is 2. The van der Waals surface area contributed by atoms with Gasteiger partial charge in [-0.05, 0) is 89.8 Å². The predicted octanol–water partition coefficient (Wildman–Crippen LogP) is 6.28. The summed E-state index contributed by atoms with van der Waals surface area (Å²) in [5, 5.41) is 20.5. The van der Waals surface area contributed by atoms with Gasteiger partial charge in [-0.25, -0.2) is 0 Å². The van der Waals surface area contributed by atoms with Crippen LogP contribution in [0.3, 0.4) is 0 Å². The Morgan fingerprint density at radius 1 is 0.943 bits per heavy atom. The molecule has 0 aromatic rings. The van der Waals surface area contributed by atoms with Crippen LogP contribution < -0.4 is 0 Å². The van der Waals surface area contributed by atoms with Gasteiger partial charge in [-0.2, -0.15) is 5.26 Å². The van der Waals surface area contributed by atoms with Gasteiger partial charge in [-0.3, -0.25) is 9.59 Å². The van der Waals surface area contributed by atoms with Crippen LogP contribution in [0.5, 0.6) is 0 Å². The van der Waals surface area contributed by atoms with E-state index in [2.05, 4.69) is 40.7 Å². The minimum Gasteiger partial charge on any atom is -0.396 e. The monoisotopic (exact) mass is 479 g/mol. The van der Waals surface area contributed by atoms with E-state index < -0.39 is 5.41 Å². The first kappa shape index (κ1) is 25.2. The highest BCUT2D eigenvalue weighted by atomic mass is 16.3. The molecule has 4 saturated carbocycles. The Labute approximate surface area is 211 Å². The van der Waals surface area contributed by atoms with Gasteiger partial charge in [0.15, 0.2) is 5.78 Å². The molecule has 0 bridgehead atoms. The Morgan fingerprint density at radius 3 is 2.23 bits per heavy atom. The molecule has 0 amide bonds. The fourth-order valence-electron chi connectivity index (χ4n) is 10.7. The third-order valence-corrected chi connectivity index (χ3v) is 13.0. The Morgan fingerprint density at radius 2 is 1.60 bits per heavy atom. The van der Waals surface area contributed by atoms with Gasteiger partial charge in [-0.1, -0.05) is 54.5 Å². The molecule has 0 aromatic heterocycles. The van der Waals surface area contributed by atoms with Crippen molar-refractivity contribution in [2.75, 3.05) is 6.61 Å². The quantitative estimate of drug-likeness (QED) is 0.480. The number of hydrogen-bond donors (Lipinski definition) is 1. The summed E-state index contributed by atoms with van der Waals surface area (Å²) >= 11 is 0. The highest BCUT2D eigenvalue weighted by Gasteiger charge is 2.72. The number of rotatable bonds is 1. The van der Waals surface area contributed by atoms with E-state index in [9.17, 15) is 20.0 Å². The van der Waals surface area contributed by atoms with Crippen LogP contribution >= 0.6 is 0 Å². The highest BCUT2D eigenvalue weighted by Crippen LogP contribution is 2.75. The zero-order valence-corrected chi connectivity index (χ0v) is 23.0. The second-order valence-electron chi connectivity index (χ2n) is 15.2. The number of aliphatic hydroxyl groups is 1. The van der Waals surface area contributed by atoms with Crippen molar-refractivity contribution in [3.63, 3.8) is 0 Å². The Balaban J connectivity index is 1.63. The molecule has 0 aromatic carbocycles. The minimum atomic E-state index is -0.595. The van der Waals surface area contributed by atoms with Crippen LogP contribution in [0, 0.1) is 67.5 Å². The molecule has 4 heteroatoms. The molecule has 0 saturated heterocycles. The van der Waals surface area contributed by atoms with Crippen LogP contribution in [0.1, 0.15) is 99.8 Å². The molecule has 5 aliphatic carbocycles. The summed E-state index contributed by atoms with van der Waals surface area (Å²) in [5.41, 5.74) is -0.764. The van der Waals surface area contributed by atoms with Crippen molar-refractivity contribution in [3.05, 3.63) is 11.6 Å². The first-order chi connectivity index (χ1) is 16.1. The van der Waals surface area contributed by atoms with Gasteiger partial charge in [0.1, 0.15) is 11.9 Å². The van der Waals surface area contributed by atoms with E-state index >= 15 is 0 Å². The molecule has 2 unspecified atom stereocenters. The van der Waals surface area contributed by atoms with E-state index in [0.717, 1.165) is 44.9 Å². The second kappa shape index (κ2) is 7.31. The number of carbonyl (C=O) groups excluding carboxylic acids is 2. The number of carbonyl (C=O) groups is 2. The predicted molar refractivity (Wildman–Crippen MR) is 136 cm³/mol. The highest BCUT2D eigenvalue weighted by molar-refractivity contribution is 6.04. The maximum atomic E-state index is 14.3. The third kappa shape index (κ3) is 3.00. The summed E-state index contributed by atoms with van der Waals surface area (Å²) in [6.07, 6.45) is 9.61. The van der Waals surface area contributed by atoms with E-state index in [4.69, 9.17) is 0 Å². The summed E-state index contributed by atoms with van der Waals surface area (Å²) in [4.78, 5) is 27.5. The maximum absolute atomic E-state index is 14.3. The van der Waals surface area contributed by atoms with Gasteiger partial charge in [0.05, 0.1) is 5.57 Å². The van der Waals surface area contributed by atoms with Gasteiger partial charge >= 0.3 is 0 Å². The van der Waals surface area contributed by atoms with Crippen molar-refractivity contribution < 1.29 is 14.7 Å². The number of hydrogen-bond acceptors (Lipinski definition) is 4. The van der Waals surface area contributed by atoms with E-state index in [1.807, 2.05) is 19.9 Å². The van der Waals surface area contributed by atoms with Gasteiger partial charge < -0.3 is 5.11 Å². The SMILES string of the molecule is CC1(C)CC[C@]2(CO)CC[C@]3(C)[C@H](C(=O)C[C@@H]4C5(C)C=C(C#N)C(=O)C(C)(C)[C@@H]5CC[C@]43C)C2C1. The van der Waals surface area contributed by atoms with Crippen LogP contribution in [0.15, 0.2) is 11.6 Å². The third-order valence-electron chi connectivity index (χ3n) is 13.0. The first-order valence-electron chi connectivity index (χ1n) is 13.9. The standard InChI is InChI=1S/C31H45NO3/c1-26(2)10-12-31(18-33)13-11-30(7)24(20(31)16-26)21(34)14-23-28(5)15-19(17-32)25(35)27(3,4)22(28)8-9-29(23,30)6/h15,20,22-24,33H,8-14,16,18H2,1-7H3/t20?,22-,23+,24-,28?,29+,30+,31+/m0/s1. The van der Waals surface area contributed by atoms with E-state index in [-0.39, 0.29) is 68.7 Å². The lowest BCUT2D eigenvalue weighted by Gasteiger charge is -2.72. The summed E-state index contributed by atoms with van der Waals surface area (Å²) < 4.78 is 0. The van der Waals surface area contributed by atoms with Crippen molar-refractivity contribution >= 4 is 11.6 Å². The molecule has 0 radical (unpaired) electrons. The maximum Gasteiger partial charge on any atom is 0.178 e. The number of fused-ring (bicyclic) bond motifs is 7. The van der Waals surface area contributed by atoms with Crippen LogP contribution in [0.25, 0.3) is 0 Å². The fraction of sp³-hybridized carbons (Fsp3) is 0.839. The molecular weight excluding hydrogens is 434 g/mol. The zero-order valence-electron chi connectivity index (χ0n) is 23.0. The summed E-state index contributed by atoms with van der Waals surface area (Å²) in [5.74, 6) is 0.823. The van der Waals surface area contributed by atoms with Crippen molar-refractivity contribution in [1.82, 2.24) is 0 Å². The lowest BCUT2D eigenvalue weighted by molar-refractivity contribution is -0.226. The van der Waals surface area contributed by atoms with Crippen LogP contribution in [0.2, 0.25) is 0 Å². The van der Waals surface area contributed by atoms with Gasteiger partial charge in [0, 0.05) is 24.4 Å². The van der Waals surface area contributed by atoms with E-state index in [1.165, 1.54) is 0 Å².